The fourth-order valence-corrected chi connectivity index (χ4v) is 3.09. The second-order valence-electron chi connectivity index (χ2n) is 4.87. The van der Waals surface area contributed by atoms with Crippen LogP contribution in [0.15, 0.2) is 18.2 Å². The summed E-state index contributed by atoms with van der Waals surface area (Å²) in [5.74, 6) is 5.04. The van der Waals surface area contributed by atoms with Gasteiger partial charge in [0.25, 0.3) is 5.91 Å². The Labute approximate surface area is 106 Å². The topological polar surface area (TPSA) is 60.0 Å². The Morgan fingerprint density at radius 3 is 2.89 bits per heavy atom. The van der Waals surface area contributed by atoms with Crippen LogP contribution in [-0.4, -0.2) is 10.5 Å². The highest BCUT2D eigenvalue weighted by Crippen LogP contribution is 2.32. The molecule has 0 aliphatic heterocycles. The highest BCUT2D eigenvalue weighted by atomic mass is 16.2. The highest BCUT2D eigenvalue weighted by Gasteiger charge is 2.21. The molecule has 0 saturated heterocycles. The number of carbonyl (C=O) groups is 1. The molecule has 1 aliphatic rings. The lowest BCUT2D eigenvalue weighted by Crippen LogP contribution is -2.30. The highest BCUT2D eigenvalue weighted by molar-refractivity contribution is 6.07. The Morgan fingerprint density at radius 1 is 1.33 bits per heavy atom. The molecule has 1 amide bonds. The zero-order valence-corrected chi connectivity index (χ0v) is 10.5. The van der Waals surface area contributed by atoms with Crippen LogP contribution in [0, 0.1) is 0 Å². The van der Waals surface area contributed by atoms with Gasteiger partial charge in [-0.05, 0) is 37.3 Å². The van der Waals surface area contributed by atoms with Crippen LogP contribution in [0.2, 0.25) is 0 Å². The summed E-state index contributed by atoms with van der Waals surface area (Å²) in [4.78, 5) is 11.8. The maximum atomic E-state index is 11.8. The summed E-state index contributed by atoms with van der Waals surface area (Å²) in [5.41, 5.74) is 6.67. The SMILES string of the molecule is Cn1c2c(c3cccc(C(=O)NN)c31)CCCC2. The zero-order chi connectivity index (χ0) is 12.7. The van der Waals surface area contributed by atoms with Crippen molar-refractivity contribution in [2.75, 3.05) is 0 Å². The number of rotatable bonds is 1. The predicted octanol–water partition coefficient (Wildman–Crippen LogP) is 1.66. The van der Waals surface area contributed by atoms with Gasteiger partial charge in [0.2, 0.25) is 0 Å². The number of aromatic nitrogens is 1. The number of hydrogen-bond acceptors (Lipinski definition) is 2. The average Bonchev–Trinajstić information content (AvgIpc) is 2.72. The number of nitrogens with zero attached hydrogens (tertiary/aromatic N) is 1. The Bertz CT molecular complexity index is 627. The molecule has 0 unspecified atom stereocenters. The number of aryl methyl sites for hydroxylation is 2. The maximum Gasteiger partial charge on any atom is 0.267 e. The van der Waals surface area contributed by atoms with Gasteiger partial charge in [-0.15, -0.1) is 0 Å². The number of carbonyl (C=O) groups excluding carboxylic acids is 1. The number of hydrazine groups is 1. The van der Waals surface area contributed by atoms with Crippen molar-refractivity contribution in [3.05, 3.63) is 35.0 Å². The number of fused-ring (bicyclic) bond motifs is 3. The van der Waals surface area contributed by atoms with Crippen LogP contribution >= 0.6 is 0 Å². The number of amides is 1. The van der Waals surface area contributed by atoms with Crippen LogP contribution in [0.4, 0.5) is 0 Å². The average molecular weight is 243 g/mol. The van der Waals surface area contributed by atoms with Crippen molar-refractivity contribution in [2.45, 2.75) is 25.7 Å². The number of para-hydroxylation sites is 1. The van der Waals surface area contributed by atoms with Crippen molar-refractivity contribution < 1.29 is 4.79 Å². The molecule has 94 valence electrons. The predicted molar refractivity (Wildman–Crippen MR) is 71.2 cm³/mol. The summed E-state index contributed by atoms with van der Waals surface area (Å²) in [6, 6.07) is 5.87. The molecule has 4 nitrogen and oxygen atoms in total. The molecule has 0 spiro atoms. The fraction of sp³-hybridized carbons (Fsp3) is 0.357. The van der Waals surface area contributed by atoms with E-state index in [-0.39, 0.29) is 5.91 Å². The van der Waals surface area contributed by atoms with E-state index in [4.69, 9.17) is 5.84 Å². The second-order valence-corrected chi connectivity index (χ2v) is 4.87. The summed E-state index contributed by atoms with van der Waals surface area (Å²) in [7, 11) is 2.04. The molecule has 1 aromatic heterocycles. The third-order valence-corrected chi connectivity index (χ3v) is 3.92. The monoisotopic (exact) mass is 243 g/mol. The van der Waals surface area contributed by atoms with Crippen molar-refractivity contribution in [1.82, 2.24) is 9.99 Å². The molecule has 2 aromatic rings. The molecule has 0 saturated carbocycles. The summed E-state index contributed by atoms with van der Waals surface area (Å²) in [6.45, 7) is 0. The summed E-state index contributed by atoms with van der Waals surface area (Å²) in [6.07, 6.45) is 4.68. The van der Waals surface area contributed by atoms with Gasteiger partial charge >= 0.3 is 0 Å². The van der Waals surface area contributed by atoms with E-state index in [0.29, 0.717) is 5.56 Å². The molecule has 4 heteroatoms. The third-order valence-electron chi connectivity index (χ3n) is 3.92. The van der Waals surface area contributed by atoms with E-state index < -0.39 is 0 Å². The van der Waals surface area contributed by atoms with Crippen LogP contribution in [0.25, 0.3) is 10.9 Å². The van der Waals surface area contributed by atoms with Crippen LogP contribution in [0.1, 0.15) is 34.5 Å². The van der Waals surface area contributed by atoms with Gasteiger partial charge in [0.05, 0.1) is 11.1 Å². The van der Waals surface area contributed by atoms with Crippen molar-refractivity contribution >= 4 is 16.8 Å². The smallest absolute Gasteiger partial charge is 0.267 e. The van der Waals surface area contributed by atoms with Gasteiger partial charge in [0.15, 0.2) is 0 Å². The standard InChI is InChI=1S/C14H17N3O/c1-17-12-8-3-2-5-9(12)10-6-4-7-11(13(10)17)14(18)16-15/h4,6-7H,2-3,5,8,15H2,1H3,(H,16,18). The Balaban J connectivity index is 2.35. The summed E-state index contributed by atoms with van der Waals surface area (Å²) in [5, 5.41) is 1.20. The quantitative estimate of drug-likeness (QED) is 0.454. The van der Waals surface area contributed by atoms with Gasteiger partial charge in [-0.2, -0.15) is 0 Å². The number of nitrogens with two attached hydrogens (primary N) is 1. The molecule has 0 radical (unpaired) electrons. The van der Waals surface area contributed by atoms with E-state index in [9.17, 15) is 4.79 Å². The zero-order valence-electron chi connectivity index (χ0n) is 10.5. The molecular weight excluding hydrogens is 226 g/mol. The van der Waals surface area contributed by atoms with E-state index in [1.54, 1.807) is 0 Å². The van der Waals surface area contributed by atoms with Crippen molar-refractivity contribution in [2.24, 2.45) is 12.9 Å². The van der Waals surface area contributed by atoms with Crippen molar-refractivity contribution in [3.63, 3.8) is 0 Å². The van der Waals surface area contributed by atoms with Gasteiger partial charge in [-0.3, -0.25) is 10.2 Å². The Morgan fingerprint density at radius 2 is 2.11 bits per heavy atom. The van der Waals surface area contributed by atoms with Gasteiger partial charge in [-0.25, -0.2) is 5.84 Å². The lowest BCUT2D eigenvalue weighted by molar-refractivity contribution is 0.0955. The molecule has 0 atom stereocenters. The van der Waals surface area contributed by atoms with Gasteiger partial charge < -0.3 is 4.57 Å². The van der Waals surface area contributed by atoms with Crippen LogP contribution < -0.4 is 11.3 Å². The Hall–Kier alpha value is -1.81. The fourth-order valence-electron chi connectivity index (χ4n) is 3.09. The number of nitrogens with one attached hydrogen (secondary N) is 1. The van der Waals surface area contributed by atoms with E-state index in [1.165, 1.54) is 29.5 Å². The van der Waals surface area contributed by atoms with Crippen molar-refractivity contribution in [1.29, 1.82) is 0 Å². The van der Waals surface area contributed by atoms with Gasteiger partial charge in [0.1, 0.15) is 0 Å². The van der Waals surface area contributed by atoms with E-state index in [1.807, 2.05) is 19.2 Å². The number of benzene rings is 1. The second kappa shape index (κ2) is 4.14. The first-order valence-corrected chi connectivity index (χ1v) is 6.34. The normalized spacial score (nSPS) is 14.6. The van der Waals surface area contributed by atoms with Gasteiger partial charge in [-0.1, -0.05) is 12.1 Å². The van der Waals surface area contributed by atoms with E-state index in [0.717, 1.165) is 18.4 Å². The van der Waals surface area contributed by atoms with E-state index >= 15 is 0 Å². The lowest BCUT2D eigenvalue weighted by atomic mass is 9.95. The third kappa shape index (κ3) is 1.46. The first-order chi connectivity index (χ1) is 8.74. The molecule has 0 fully saturated rings. The first-order valence-electron chi connectivity index (χ1n) is 6.34. The summed E-state index contributed by atoms with van der Waals surface area (Å²) >= 11 is 0. The molecule has 1 aromatic carbocycles. The molecule has 0 bridgehead atoms. The van der Waals surface area contributed by atoms with Crippen LogP contribution in [0.5, 0.6) is 0 Å². The maximum absolute atomic E-state index is 11.8. The van der Waals surface area contributed by atoms with Crippen LogP contribution in [0.3, 0.4) is 0 Å². The largest absolute Gasteiger partial charge is 0.347 e. The molecule has 3 rings (SSSR count). The minimum absolute atomic E-state index is 0.224. The van der Waals surface area contributed by atoms with Crippen molar-refractivity contribution in [3.8, 4) is 0 Å². The molecule has 1 heterocycles. The minimum Gasteiger partial charge on any atom is -0.347 e. The number of hydrogen-bond donors (Lipinski definition) is 2. The minimum atomic E-state index is -0.224. The van der Waals surface area contributed by atoms with E-state index in [2.05, 4.69) is 16.1 Å². The Kier molecular flexibility index (Phi) is 2.59. The molecular formula is C14H17N3O. The first kappa shape index (κ1) is 11.3. The van der Waals surface area contributed by atoms with Gasteiger partial charge in [0, 0.05) is 18.1 Å². The molecule has 18 heavy (non-hydrogen) atoms. The number of nitrogen functional groups attached to an aromatic ring is 1. The molecule has 3 N–H and O–H groups in total. The lowest BCUT2D eigenvalue weighted by Gasteiger charge is -2.13. The molecule has 1 aliphatic carbocycles. The van der Waals surface area contributed by atoms with Crippen LogP contribution in [-0.2, 0) is 19.9 Å². The summed E-state index contributed by atoms with van der Waals surface area (Å²) < 4.78 is 2.16.